The number of nitrogens with one attached hydrogen (secondary N) is 1. The molecule has 0 saturated heterocycles. The number of benzene rings is 2. The minimum atomic E-state index is -1.13. The predicted molar refractivity (Wildman–Crippen MR) is 139 cm³/mol. The molecule has 0 spiro atoms. The van der Waals surface area contributed by atoms with Crippen LogP contribution in [0.25, 0.3) is 10.2 Å². The normalized spacial score (nSPS) is 17.5. The van der Waals surface area contributed by atoms with Crippen LogP contribution in [0.15, 0.2) is 66.0 Å². The SMILES string of the molecule is CC(C)Oc1ccc(CN2C(=O)c3cc4ccsc4n3C[C@@]2(C)C(=O)NCc2ccc(F)cc2)cc1. The lowest BCUT2D eigenvalue weighted by molar-refractivity contribution is -0.133. The first kappa shape index (κ1) is 24.1. The molecule has 1 N–H and O–H groups in total. The topological polar surface area (TPSA) is 63.6 Å². The van der Waals surface area contributed by atoms with Crippen molar-refractivity contribution in [1.82, 2.24) is 14.8 Å². The van der Waals surface area contributed by atoms with Gasteiger partial charge in [-0.1, -0.05) is 24.3 Å². The van der Waals surface area contributed by atoms with Gasteiger partial charge < -0.3 is 19.5 Å². The van der Waals surface area contributed by atoms with Gasteiger partial charge in [-0.15, -0.1) is 11.3 Å². The molecule has 186 valence electrons. The van der Waals surface area contributed by atoms with Crippen LogP contribution in [0.5, 0.6) is 5.75 Å². The third-order valence-corrected chi connectivity index (χ3v) is 7.47. The van der Waals surface area contributed by atoms with Gasteiger partial charge in [0.25, 0.3) is 5.91 Å². The fourth-order valence-corrected chi connectivity index (χ4v) is 5.51. The molecule has 0 saturated carbocycles. The van der Waals surface area contributed by atoms with Gasteiger partial charge in [0.05, 0.1) is 12.6 Å². The smallest absolute Gasteiger partial charge is 0.271 e. The minimum Gasteiger partial charge on any atom is -0.491 e. The molecule has 4 aromatic rings. The number of halogens is 1. The summed E-state index contributed by atoms with van der Waals surface area (Å²) in [6, 6.07) is 17.5. The van der Waals surface area contributed by atoms with Gasteiger partial charge in [0.1, 0.15) is 27.6 Å². The van der Waals surface area contributed by atoms with E-state index < -0.39 is 5.54 Å². The van der Waals surface area contributed by atoms with Crippen LogP contribution in [0.2, 0.25) is 0 Å². The molecule has 6 nitrogen and oxygen atoms in total. The minimum absolute atomic E-state index is 0.0641. The second kappa shape index (κ2) is 9.43. The van der Waals surface area contributed by atoms with E-state index in [1.165, 1.54) is 12.1 Å². The summed E-state index contributed by atoms with van der Waals surface area (Å²) in [6.07, 6.45) is 0.0641. The largest absolute Gasteiger partial charge is 0.491 e. The molecule has 1 atom stereocenters. The Morgan fingerprint density at radius 1 is 1.11 bits per heavy atom. The highest BCUT2D eigenvalue weighted by Crippen LogP contribution is 2.35. The maximum absolute atomic E-state index is 13.8. The van der Waals surface area contributed by atoms with E-state index in [2.05, 4.69) is 5.32 Å². The Kier molecular flexibility index (Phi) is 6.30. The summed E-state index contributed by atoms with van der Waals surface area (Å²) in [4.78, 5) is 30.1. The van der Waals surface area contributed by atoms with Crippen LogP contribution < -0.4 is 10.1 Å². The maximum Gasteiger partial charge on any atom is 0.271 e. The van der Waals surface area contributed by atoms with Crippen LogP contribution in [0, 0.1) is 5.82 Å². The van der Waals surface area contributed by atoms with Gasteiger partial charge in [-0.2, -0.15) is 0 Å². The van der Waals surface area contributed by atoms with Crippen LogP contribution in [0.4, 0.5) is 4.39 Å². The van der Waals surface area contributed by atoms with Crippen molar-refractivity contribution in [2.24, 2.45) is 0 Å². The van der Waals surface area contributed by atoms with Crippen LogP contribution in [0.3, 0.4) is 0 Å². The standard InChI is InChI=1S/C28H28FN3O3S/c1-18(2)35-23-10-6-20(7-11-23)16-32-25(33)24-14-21-12-13-36-26(21)31(24)17-28(32,3)27(34)30-15-19-4-8-22(29)9-5-19/h4-14,18H,15-17H2,1-3H3,(H,30,34)/t28-/m0/s1. The number of nitrogens with zero attached hydrogens (tertiary/aromatic N) is 2. The lowest BCUT2D eigenvalue weighted by atomic mass is 9.93. The quantitative estimate of drug-likeness (QED) is 0.368. The maximum atomic E-state index is 13.8. The molecule has 3 heterocycles. The predicted octanol–water partition coefficient (Wildman–Crippen LogP) is 5.36. The third-order valence-electron chi connectivity index (χ3n) is 6.52. The van der Waals surface area contributed by atoms with E-state index in [0.717, 1.165) is 27.1 Å². The number of thiophene rings is 1. The van der Waals surface area contributed by atoms with Gasteiger partial charge in [-0.05, 0) is 73.7 Å². The first-order valence-electron chi connectivity index (χ1n) is 11.9. The molecule has 1 aliphatic heterocycles. The number of ether oxygens (including phenoxy) is 1. The molecule has 1 aliphatic rings. The summed E-state index contributed by atoms with van der Waals surface area (Å²) >= 11 is 1.56. The zero-order chi connectivity index (χ0) is 25.4. The Hall–Kier alpha value is -3.65. The zero-order valence-corrected chi connectivity index (χ0v) is 21.3. The first-order chi connectivity index (χ1) is 17.2. The monoisotopic (exact) mass is 505 g/mol. The van der Waals surface area contributed by atoms with Crippen LogP contribution in [-0.4, -0.2) is 32.9 Å². The summed E-state index contributed by atoms with van der Waals surface area (Å²) in [5.74, 6) is -0.0192. The fraction of sp³-hybridized carbons (Fsp3) is 0.286. The number of rotatable bonds is 7. The van der Waals surface area contributed by atoms with E-state index in [4.69, 9.17) is 4.74 Å². The Morgan fingerprint density at radius 2 is 1.81 bits per heavy atom. The van der Waals surface area contributed by atoms with E-state index in [1.54, 1.807) is 28.4 Å². The van der Waals surface area contributed by atoms with Gasteiger partial charge >= 0.3 is 0 Å². The number of carbonyl (C=O) groups is 2. The second-order valence-electron chi connectivity index (χ2n) is 9.58. The van der Waals surface area contributed by atoms with Crippen molar-refractivity contribution in [3.8, 4) is 5.75 Å². The summed E-state index contributed by atoms with van der Waals surface area (Å²) in [6.45, 7) is 6.60. The molecule has 0 fully saturated rings. The van der Waals surface area contributed by atoms with E-state index in [1.807, 2.05) is 67.1 Å². The Labute approximate surface area is 213 Å². The average molecular weight is 506 g/mol. The molecule has 2 amide bonds. The highest BCUT2D eigenvalue weighted by Gasteiger charge is 2.47. The zero-order valence-electron chi connectivity index (χ0n) is 20.5. The number of amides is 2. The lowest BCUT2D eigenvalue weighted by Crippen LogP contribution is -2.63. The van der Waals surface area contributed by atoms with Crippen molar-refractivity contribution >= 4 is 33.4 Å². The van der Waals surface area contributed by atoms with Crippen molar-refractivity contribution in [1.29, 1.82) is 0 Å². The molecule has 0 radical (unpaired) electrons. The second-order valence-corrected chi connectivity index (χ2v) is 10.5. The number of carbonyl (C=O) groups excluding carboxylic acids is 2. The van der Waals surface area contributed by atoms with Crippen molar-refractivity contribution in [3.05, 3.63) is 88.7 Å². The number of hydrogen-bond donors (Lipinski definition) is 1. The number of fused-ring (bicyclic) bond motifs is 3. The van der Waals surface area contributed by atoms with E-state index in [0.29, 0.717) is 12.2 Å². The molecule has 0 aliphatic carbocycles. The van der Waals surface area contributed by atoms with Gasteiger partial charge in [-0.25, -0.2) is 4.39 Å². The Balaban J connectivity index is 1.45. The fourth-order valence-electron chi connectivity index (χ4n) is 4.61. The van der Waals surface area contributed by atoms with Gasteiger partial charge in [0.15, 0.2) is 0 Å². The molecule has 36 heavy (non-hydrogen) atoms. The third kappa shape index (κ3) is 4.48. The van der Waals surface area contributed by atoms with Gasteiger partial charge in [0.2, 0.25) is 5.91 Å². The van der Waals surface area contributed by atoms with Crippen LogP contribution in [0.1, 0.15) is 42.4 Å². The highest BCUT2D eigenvalue weighted by atomic mass is 32.1. The van der Waals surface area contributed by atoms with Gasteiger partial charge in [-0.3, -0.25) is 9.59 Å². The molecule has 5 rings (SSSR count). The van der Waals surface area contributed by atoms with Crippen molar-refractivity contribution in [2.45, 2.75) is 52.0 Å². The van der Waals surface area contributed by atoms with Crippen LogP contribution in [-0.2, 0) is 24.4 Å². The summed E-state index contributed by atoms with van der Waals surface area (Å²) < 4.78 is 21.0. The molecule has 2 aromatic heterocycles. The molecule has 8 heteroatoms. The molecular formula is C28H28FN3O3S. The molecule has 0 unspecified atom stereocenters. The first-order valence-corrected chi connectivity index (χ1v) is 12.8. The molecular weight excluding hydrogens is 477 g/mol. The average Bonchev–Trinajstić information content (AvgIpc) is 3.44. The molecule has 0 bridgehead atoms. The van der Waals surface area contributed by atoms with Gasteiger partial charge in [0, 0.05) is 18.5 Å². The van der Waals surface area contributed by atoms with Crippen LogP contribution >= 0.6 is 11.3 Å². The Bertz CT molecular complexity index is 1410. The Morgan fingerprint density at radius 3 is 2.50 bits per heavy atom. The van der Waals surface area contributed by atoms with E-state index >= 15 is 0 Å². The van der Waals surface area contributed by atoms with Crippen molar-refractivity contribution in [3.63, 3.8) is 0 Å². The van der Waals surface area contributed by atoms with Crippen molar-refractivity contribution < 1.29 is 18.7 Å². The summed E-state index contributed by atoms with van der Waals surface area (Å²) in [7, 11) is 0. The van der Waals surface area contributed by atoms with E-state index in [9.17, 15) is 14.0 Å². The van der Waals surface area contributed by atoms with Crippen molar-refractivity contribution in [2.75, 3.05) is 0 Å². The summed E-state index contributed by atoms with van der Waals surface area (Å²) in [5.41, 5.74) is 1.14. The number of aromatic nitrogens is 1. The molecule has 2 aromatic carbocycles. The van der Waals surface area contributed by atoms with E-state index in [-0.39, 0.29) is 36.8 Å². The highest BCUT2D eigenvalue weighted by molar-refractivity contribution is 7.16. The summed E-state index contributed by atoms with van der Waals surface area (Å²) in [5, 5.41) is 5.96. The number of hydrogen-bond acceptors (Lipinski definition) is 4. The lowest BCUT2D eigenvalue weighted by Gasteiger charge is -2.44.